The molecule has 1 aliphatic heterocycles. The monoisotopic (exact) mass is 471 g/mol. The van der Waals surface area contributed by atoms with Gasteiger partial charge in [0, 0.05) is 18.4 Å². The minimum atomic E-state index is -4.40. The van der Waals surface area contributed by atoms with Crippen molar-refractivity contribution in [3.63, 3.8) is 0 Å². The van der Waals surface area contributed by atoms with E-state index in [-0.39, 0.29) is 11.9 Å². The van der Waals surface area contributed by atoms with Crippen molar-refractivity contribution in [1.82, 2.24) is 19.3 Å². The smallest absolute Gasteiger partial charge is 0.382 e. The topological polar surface area (TPSA) is 76.5 Å². The number of imidazole rings is 1. The maximum absolute atomic E-state index is 13.4. The fourth-order valence-electron chi connectivity index (χ4n) is 4.32. The second-order valence-electron chi connectivity index (χ2n) is 8.03. The lowest BCUT2D eigenvalue weighted by Crippen LogP contribution is -2.32. The molecule has 33 heavy (non-hydrogen) atoms. The predicted molar refractivity (Wildman–Crippen MR) is 122 cm³/mol. The van der Waals surface area contributed by atoms with Crippen molar-refractivity contribution in [3.8, 4) is 0 Å². The van der Waals surface area contributed by atoms with Crippen molar-refractivity contribution in [3.05, 3.63) is 71.2 Å². The zero-order valence-electron chi connectivity index (χ0n) is 17.6. The number of hydrogen-bond acceptors (Lipinski definition) is 5. The third kappa shape index (κ3) is 3.78. The molecule has 4 aromatic rings. The Morgan fingerprint density at radius 2 is 2.03 bits per heavy atom. The summed E-state index contributed by atoms with van der Waals surface area (Å²) in [5, 5.41) is 0. The first-order valence-corrected chi connectivity index (χ1v) is 11.5. The first-order chi connectivity index (χ1) is 15.7. The molecular weight excluding hydrogens is 451 g/mol. The van der Waals surface area contributed by atoms with Crippen LogP contribution in [0.2, 0.25) is 0 Å². The van der Waals surface area contributed by atoms with Crippen LogP contribution in [0.15, 0.2) is 48.9 Å². The quantitative estimate of drug-likeness (QED) is 0.449. The van der Waals surface area contributed by atoms with E-state index in [4.69, 9.17) is 5.73 Å². The molecule has 1 amide bonds. The van der Waals surface area contributed by atoms with Gasteiger partial charge in [0.25, 0.3) is 5.91 Å². The fourth-order valence-corrected chi connectivity index (χ4v) is 5.32. The van der Waals surface area contributed by atoms with Gasteiger partial charge in [0.1, 0.15) is 11.3 Å². The summed E-state index contributed by atoms with van der Waals surface area (Å²) < 4.78 is 41.4. The van der Waals surface area contributed by atoms with E-state index in [9.17, 15) is 18.0 Å². The molecule has 2 aromatic heterocycles. The van der Waals surface area contributed by atoms with Crippen molar-refractivity contribution < 1.29 is 18.0 Å². The van der Waals surface area contributed by atoms with E-state index in [1.807, 2.05) is 0 Å². The second-order valence-corrected chi connectivity index (χ2v) is 9.14. The summed E-state index contributed by atoms with van der Waals surface area (Å²) in [5.41, 5.74) is 9.14. The molecule has 0 radical (unpaired) electrons. The summed E-state index contributed by atoms with van der Waals surface area (Å²) in [6.45, 7) is 0. The Morgan fingerprint density at radius 3 is 2.82 bits per heavy atom. The lowest BCUT2D eigenvalue weighted by Gasteiger charge is -2.29. The van der Waals surface area contributed by atoms with Gasteiger partial charge < -0.3 is 10.6 Å². The van der Waals surface area contributed by atoms with Crippen LogP contribution in [0.1, 0.15) is 39.5 Å². The average molecular weight is 472 g/mol. The van der Waals surface area contributed by atoms with Crippen LogP contribution < -0.4 is 5.73 Å². The largest absolute Gasteiger partial charge is 0.416 e. The number of nitrogen functional groups attached to an aromatic ring is 1. The predicted octanol–water partition coefficient (Wildman–Crippen LogP) is 4.93. The lowest BCUT2D eigenvalue weighted by molar-refractivity contribution is -0.137. The van der Waals surface area contributed by atoms with Crippen molar-refractivity contribution >= 4 is 40.0 Å². The van der Waals surface area contributed by atoms with E-state index in [1.54, 1.807) is 58.8 Å². The molecule has 0 bridgehead atoms. The highest BCUT2D eigenvalue weighted by Crippen LogP contribution is 2.38. The van der Waals surface area contributed by atoms with Gasteiger partial charge in [0.2, 0.25) is 0 Å². The zero-order chi connectivity index (χ0) is 23.3. The van der Waals surface area contributed by atoms with E-state index < -0.39 is 11.7 Å². The van der Waals surface area contributed by atoms with Crippen LogP contribution in [0.25, 0.3) is 16.6 Å². The van der Waals surface area contributed by atoms with Crippen LogP contribution in [0.3, 0.4) is 0 Å². The minimum Gasteiger partial charge on any atom is -0.382 e. The van der Waals surface area contributed by atoms with E-state index >= 15 is 0 Å². The Morgan fingerprint density at radius 1 is 1.21 bits per heavy atom. The SMILES string of the molecule is CN(C(=O)c1ccc2nc(N)c3cncn3c2c1)[C@@H]1CCSCc2cc(C(F)(F)F)ccc21. The number of carbonyl (C=O) groups excluding carboxylic acids is 1. The van der Waals surface area contributed by atoms with Crippen LogP contribution in [-0.2, 0) is 11.9 Å². The summed E-state index contributed by atoms with van der Waals surface area (Å²) in [4.78, 5) is 23.6. The molecule has 1 aliphatic rings. The van der Waals surface area contributed by atoms with Gasteiger partial charge in [-0.3, -0.25) is 9.20 Å². The van der Waals surface area contributed by atoms with Gasteiger partial charge in [-0.05, 0) is 53.6 Å². The summed E-state index contributed by atoms with van der Waals surface area (Å²) in [5.74, 6) is 1.36. The standard InChI is InChI=1S/C23H20F3N5OS/c1-30(18-6-7-33-11-14-8-15(23(24,25)26)3-4-16(14)18)22(32)13-2-5-17-19(9-13)31-12-28-10-20(31)21(27)29-17/h2-5,8-10,12,18H,6-7,11H2,1H3,(H2,27,29)/t18-/m1/s1. The molecule has 6 nitrogen and oxygen atoms in total. The maximum atomic E-state index is 13.4. The van der Waals surface area contributed by atoms with Gasteiger partial charge in [-0.2, -0.15) is 24.9 Å². The van der Waals surface area contributed by atoms with Gasteiger partial charge in [-0.25, -0.2) is 9.97 Å². The van der Waals surface area contributed by atoms with Crippen molar-refractivity contribution in [2.45, 2.75) is 24.4 Å². The Kier molecular flexibility index (Phi) is 5.19. The van der Waals surface area contributed by atoms with Crippen LogP contribution in [0.4, 0.5) is 19.0 Å². The molecule has 2 aromatic carbocycles. The third-order valence-corrected chi connectivity index (χ3v) is 7.07. The van der Waals surface area contributed by atoms with Gasteiger partial charge in [0.15, 0.2) is 0 Å². The number of carbonyl (C=O) groups is 1. The Bertz CT molecular complexity index is 1380. The zero-order valence-corrected chi connectivity index (χ0v) is 18.5. The van der Waals surface area contributed by atoms with Gasteiger partial charge in [-0.15, -0.1) is 0 Å². The fraction of sp³-hybridized carbons (Fsp3) is 0.261. The number of rotatable bonds is 2. The normalized spacial score (nSPS) is 16.5. The number of halogens is 3. The van der Waals surface area contributed by atoms with Gasteiger partial charge in [0.05, 0.1) is 35.2 Å². The maximum Gasteiger partial charge on any atom is 0.416 e. The summed E-state index contributed by atoms with van der Waals surface area (Å²) >= 11 is 1.58. The summed E-state index contributed by atoms with van der Waals surface area (Å²) in [7, 11) is 1.70. The number of nitrogens with two attached hydrogens (primary N) is 1. The molecule has 170 valence electrons. The number of amides is 1. The molecule has 1 atom stereocenters. The molecular formula is C23H20F3N5OS. The van der Waals surface area contributed by atoms with Crippen molar-refractivity contribution in [2.75, 3.05) is 18.5 Å². The number of alkyl halides is 3. The number of hydrogen-bond donors (Lipinski definition) is 1. The highest BCUT2D eigenvalue weighted by atomic mass is 32.2. The summed E-state index contributed by atoms with van der Waals surface area (Å²) in [6, 6.07) is 8.67. The van der Waals surface area contributed by atoms with Crippen LogP contribution >= 0.6 is 11.8 Å². The molecule has 0 saturated carbocycles. The molecule has 0 saturated heterocycles. The minimum absolute atomic E-state index is 0.218. The molecule has 0 spiro atoms. The molecule has 10 heteroatoms. The number of aromatic nitrogens is 3. The highest BCUT2D eigenvalue weighted by Gasteiger charge is 2.33. The molecule has 2 N–H and O–H groups in total. The summed E-state index contributed by atoms with van der Waals surface area (Å²) in [6.07, 6.45) is -0.518. The first kappa shape index (κ1) is 21.6. The van der Waals surface area contributed by atoms with Crippen LogP contribution in [0.5, 0.6) is 0 Å². The van der Waals surface area contributed by atoms with E-state index in [1.165, 1.54) is 12.1 Å². The average Bonchev–Trinajstić information content (AvgIpc) is 3.19. The Hall–Kier alpha value is -3.27. The van der Waals surface area contributed by atoms with Gasteiger partial charge in [-0.1, -0.05) is 6.07 Å². The first-order valence-electron chi connectivity index (χ1n) is 10.3. The van der Waals surface area contributed by atoms with Crippen molar-refractivity contribution in [2.24, 2.45) is 0 Å². The Labute approximate surface area is 191 Å². The van der Waals surface area contributed by atoms with E-state index in [2.05, 4.69) is 9.97 Å². The third-order valence-electron chi connectivity index (χ3n) is 6.03. The molecule has 0 unspecified atom stereocenters. The highest BCUT2D eigenvalue weighted by molar-refractivity contribution is 7.98. The van der Waals surface area contributed by atoms with E-state index in [0.717, 1.165) is 17.4 Å². The van der Waals surface area contributed by atoms with Gasteiger partial charge >= 0.3 is 6.18 Å². The second kappa shape index (κ2) is 7.95. The number of nitrogens with zero attached hydrogens (tertiary/aromatic N) is 4. The van der Waals surface area contributed by atoms with E-state index in [0.29, 0.717) is 45.7 Å². The van der Waals surface area contributed by atoms with Crippen LogP contribution in [-0.4, -0.2) is 38.0 Å². The number of thioether (sulfide) groups is 1. The molecule has 5 rings (SSSR count). The molecule has 0 aliphatic carbocycles. The Balaban J connectivity index is 1.52. The molecule has 3 heterocycles. The number of benzene rings is 2. The lowest BCUT2D eigenvalue weighted by atomic mass is 9.95. The molecule has 0 fully saturated rings. The van der Waals surface area contributed by atoms with Crippen molar-refractivity contribution in [1.29, 1.82) is 0 Å². The number of anilines is 1. The van der Waals surface area contributed by atoms with Crippen LogP contribution in [0, 0.1) is 0 Å². The number of fused-ring (bicyclic) bond motifs is 4.